The molecule has 0 radical (unpaired) electrons. The summed E-state index contributed by atoms with van der Waals surface area (Å²) >= 11 is 0. The van der Waals surface area contributed by atoms with Gasteiger partial charge in [0.05, 0.1) is 4.90 Å². The van der Waals surface area contributed by atoms with Crippen LogP contribution in [-0.4, -0.2) is 18.8 Å². The van der Waals surface area contributed by atoms with E-state index in [0.717, 1.165) is 16.2 Å². The van der Waals surface area contributed by atoms with E-state index in [0.29, 0.717) is 10.9 Å². The maximum atomic E-state index is 12.1. The van der Waals surface area contributed by atoms with E-state index < -0.39 is 9.84 Å². The fourth-order valence-electron chi connectivity index (χ4n) is 2.31. The van der Waals surface area contributed by atoms with Gasteiger partial charge in [0.15, 0.2) is 0 Å². The van der Waals surface area contributed by atoms with Crippen molar-refractivity contribution in [1.82, 2.24) is 0 Å². The first kappa shape index (κ1) is 12.5. The highest BCUT2D eigenvalue weighted by molar-refractivity contribution is 8.04. The van der Waals surface area contributed by atoms with Gasteiger partial charge in [-0.1, -0.05) is 36.4 Å². The van der Waals surface area contributed by atoms with E-state index >= 15 is 0 Å². The van der Waals surface area contributed by atoms with Gasteiger partial charge in [0, 0.05) is 5.39 Å². The van der Waals surface area contributed by atoms with Crippen LogP contribution in [0.15, 0.2) is 59.5 Å². The van der Waals surface area contributed by atoms with E-state index in [1.165, 1.54) is 6.07 Å². The van der Waals surface area contributed by atoms with Crippen LogP contribution in [0.5, 0.6) is 0 Å². The Morgan fingerprint density at radius 3 is 2.25 bits per heavy atom. The van der Waals surface area contributed by atoms with E-state index in [1.807, 2.05) is 42.5 Å². The number of hydrogen-bond donors (Lipinski definition) is 0. The van der Waals surface area contributed by atoms with Gasteiger partial charge in [-0.3, -0.25) is 0 Å². The molecule has 4 nitrogen and oxygen atoms in total. The summed E-state index contributed by atoms with van der Waals surface area (Å²) in [5, 5.41) is 3.45. The summed E-state index contributed by atoms with van der Waals surface area (Å²) < 4.78 is 24.1. The molecule has 0 atom stereocenters. The first-order chi connectivity index (χ1) is 9.62. The number of hydrogen-bond acceptors (Lipinski definition) is 2. The lowest BCUT2D eigenvalue weighted by atomic mass is 10.0. The van der Waals surface area contributed by atoms with Crippen molar-refractivity contribution in [2.24, 2.45) is 0 Å². The minimum atomic E-state index is -3.75. The average molecular weight is 282 g/mol. The van der Waals surface area contributed by atoms with Crippen LogP contribution in [0.25, 0.3) is 27.1 Å². The Labute approximate surface area is 115 Å². The fraction of sp³-hybridized carbons (Fsp3) is 0. The Hall–Kier alpha value is -2.49. The molecule has 5 heteroatoms. The molecule has 0 aromatic heterocycles. The van der Waals surface area contributed by atoms with E-state index in [-0.39, 0.29) is 4.90 Å². The van der Waals surface area contributed by atoms with Crippen molar-refractivity contribution >= 4 is 36.9 Å². The van der Waals surface area contributed by atoms with Gasteiger partial charge in [0.25, 0.3) is 9.84 Å². The van der Waals surface area contributed by atoms with Crippen LogP contribution in [0.1, 0.15) is 0 Å². The molecule has 0 N–H and O–H groups in total. The van der Waals surface area contributed by atoms with Gasteiger partial charge >= 0.3 is 5.55 Å². The first-order valence-electron chi connectivity index (χ1n) is 5.96. The molecule has 3 aromatic carbocycles. The van der Waals surface area contributed by atoms with Gasteiger partial charge in [0.2, 0.25) is 0 Å². The zero-order valence-corrected chi connectivity index (χ0v) is 11.2. The Bertz CT molecular complexity index is 972. The molecule has 0 aliphatic heterocycles. The summed E-state index contributed by atoms with van der Waals surface area (Å²) in [6.45, 7) is 0. The van der Waals surface area contributed by atoms with E-state index in [1.54, 1.807) is 6.07 Å². The lowest BCUT2D eigenvalue weighted by molar-refractivity contribution is 0.00754. The molecule has 0 aliphatic carbocycles. The molecular weight excluding hydrogens is 272 g/mol. The van der Waals surface area contributed by atoms with Crippen LogP contribution >= 0.6 is 0 Å². The molecule has 0 amide bonds. The zero-order chi connectivity index (χ0) is 14.2. The van der Waals surface area contributed by atoms with Gasteiger partial charge in [-0.05, 0) is 34.4 Å². The SMILES string of the molecule is [N-]=[N+]=CS(=O)(=O)c1cccc2cc3ccccc3cc12. The van der Waals surface area contributed by atoms with Crippen LogP contribution < -0.4 is 0 Å². The Morgan fingerprint density at radius 1 is 0.900 bits per heavy atom. The second kappa shape index (κ2) is 4.56. The lowest BCUT2D eigenvalue weighted by Crippen LogP contribution is -2.03. The summed E-state index contributed by atoms with van der Waals surface area (Å²) in [6, 6.07) is 16.6. The van der Waals surface area contributed by atoms with Gasteiger partial charge in [-0.2, -0.15) is 4.79 Å². The standard InChI is InChI=1S/C15H10N2O2S/c16-17-10-20(18,19)15-7-3-6-13-8-11-4-1-2-5-12(11)9-14(13)15/h1-10H. The smallest absolute Gasteiger partial charge is 0.361 e. The highest BCUT2D eigenvalue weighted by Gasteiger charge is 2.19. The van der Waals surface area contributed by atoms with Crippen molar-refractivity contribution in [2.75, 3.05) is 0 Å². The summed E-state index contributed by atoms with van der Waals surface area (Å²) in [6.07, 6.45) is 0. The van der Waals surface area contributed by atoms with Crippen molar-refractivity contribution in [2.45, 2.75) is 4.90 Å². The zero-order valence-electron chi connectivity index (χ0n) is 10.4. The Kier molecular flexibility index (Phi) is 2.86. The van der Waals surface area contributed by atoms with Crippen molar-refractivity contribution in [3.05, 3.63) is 60.1 Å². The monoisotopic (exact) mass is 282 g/mol. The van der Waals surface area contributed by atoms with Crippen LogP contribution in [0, 0.1) is 0 Å². The van der Waals surface area contributed by atoms with Crippen molar-refractivity contribution in [1.29, 1.82) is 0 Å². The van der Waals surface area contributed by atoms with Gasteiger partial charge in [0.1, 0.15) is 0 Å². The molecule has 0 bridgehead atoms. The van der Waals surface area contributed by atoms with Crippen LogP contribution in [0.4, 0.5) is 0 Å². The number of benzene rings is 3. The summed E-state index contributed by atoms with van der Waals surface area (Å²) in [4.78, 5) is 2.78. The molecule has 3 aromatic rings. The Morgan fingerprint density at radius 2 is 1.55 bits per heavy atom. The normalized spacial score (nSPS) is 11.4. The Balaban J connectivity index is 2.45. The largest absolute Gasteiger partial charge is 0.374 e. The maximum absolute atomic E-state index is 12.1. The van der Waals surface area contributed by atoms with Gasteiger partial charge in [-0.15, -0.1) is 0 Å². The third kappa shape index (κ3) is 1.99. The van der Waals surface area contributed by atoms with Crippen LogP contribution in [-0.2, 0) is 9.84 Å². The molecule has 0 fully saturated rings. The van der Waals surface area contributed by atoms with Crippen molar-refractivity contribution in [3.63, 3.8) is 0 Å². The number of fused-ring (bicyclic) bond motifs is 2. The van der Waals surface area contributed by atoms with Gasteiger partial charge < -0.3 is 5.53 Å². The second-order valence-corrected chi connectivity index (χ2v) is 6.18. The molecule has 0 saturated heterocycles. The predicted molar refractivity (Wildman–Crippen MR) is 78.3 cm³/mol. The minimum Gasteiger partial charge on any atom is -0.361 e. The van der Waals surface area contributed by atoms with E-state index in [4.69, 9.17) is 5.53 Å². The molecule has 0 unspecified atom stereocenters. The number of sulfone groups is 1. The maximum Gasteiger partial charge on any atom is 0.374 e. The molecule has 0 saturated carbocycles. The number of nitrogens with zero attached hydrogens (tertiary/aromatic N) is 2. The predicted octanol–water partition coefficient (Wildman–Crippen LogP) is 3.02. The number of rotatable bonds is 2. The highest BCUT2D eigenvalue weighted by atomic mass is 32.2. The third-order valence-corrected chi connectivity index (χ3v) is 4.54. The second-order valence-electron chi connectivity index (χ2n) is 4.44. The van der Waals surface area contributed by atoms with Gasteiger partial charge in [-0.25, -0.2) is 8.42 Å². The van der Waals surface area contributed by atoms with Crippen molar-refractivity contribution < 1.29 is 13.2 Å². The molecule has 20 heavy (non-hydrogen) atoms. The fourth-order valence-corrected chi connectivity index (χ4v) is 3.29. The quantitative estimate of drug-likeness (QED) is 0.238. The molecule has 0 spiro atoms. The minimum absolute atomic E-state index is 0.138. The topological polar surface area (TPSA) is 70.5 Å². The first-order valence-corrected chi connectivity index (χ1v) is 7.50. The molecule has 0 heterocycles. The molecule has 0 aliphatic rings. The van der Waals surface area contributed by atoms with Crippen LogP contribution in [0.3, 0.4) is 0 Å². The molecule has 3 rings (SSSR count). The highest BCUT2D eigenvalue weighted by Crippen LogP contribution is 2.27. The molecular formula is C15H10N2O2S. The third-order valence-electron chi connectivity index (χ3n) is 3.20. The van der Waals surface area contributed by atoms with E-state index in [2.05, 4.69) is 4.79 Å². The summed E-state index contributed by atoms with van der Waals surface area (Å²) in [7, 11) is -3.75. The average Bonchev–Trinajstić information content (AvgIpc) is 2.44. The van der Waals surface area contributed by atoms with E-state index in [9.17, 15) is 8.42 Å². The van der Waals surface area contributed by atoms with Crippen molar-refractivity contribution in [3.8, 4) is 0 Å². The lowest BCUT2D eigenvalue weighted by Gasteiger charge is -2.05. The van der Waals surface area contributed by atoms with Crippen LogP contribution in [0.2, 0.25) is 0 Å². The molecule has 98 valence electrons. The summed E-state index contributed by atoms with van der Waals surface area (Å²) in [5.74, 6) is 0. The summed E-state index contributed by atoms with van der Waals surface area (Å²) in [5.41, 5.74) is 9.05.